The highest BCUT2D eigenvalue weighted by Crippen LogP contribution is 2.54. The Bertz CT molecular complexity index is 11000. The zero-order valence-corrected chi connectivity index (χ0v) is 77.7. The molecular formula is C133H72N12. The Morgan fingerprint density at radius 1 is 0.200 bits per heavy atom. The van der Waals surface area contributed by atoms with E-state index in [2.05, 4.69) is 354 Å². The molecule has 0 fully saturated rings. The molecule has 0 N–H and O–H groups in total. The predicted octanol–water partition coefficient (Wildman–Crippen LogP) is 37.6. The van der Waals surface area contributed by atoms with Crippen LogP contribution < -0.4 is 0 Å². The molecule has 664 valence electrons. The first-order valence-corrected chi connectivity index (χ1v) is 47.4. The topological polar surface area (TPSA) is 114 Å². The van der Waals surface area contributed by atoms with Gasteiger partial charge in [0.05, 0.1) is 73.1 Å². The molecule has 0 radical (unpaired) electrons. The minimum absolute atomic E-state index is 0.0642. The van der Waals surface area contributed by atoms with Gasteiger partial charge in [-0.25, -0.2) is 0 Å². The number of aromatic nitrogens is 5. The first kappa shape index (κ1) is 85.8. The third kappa shape index (κ3) is 14.1. The second-order valence-corrected chi connectivity index (χ2v) is 36.2. The average Bonchev–Trinajstić information content (AvgIpc) is 0.692. The van der Waals surface area contributed by atoms with Gasteiger partial charge in [0.2, 0.25) is 17.1 Å². The van der Waals surface area contributed by atoms with Crippen LogP contribution in [0.3, 0.4) is 0 Å². The lowest BCUT2D eigenvalue weighted by Crippen LogP contribution is -1.94. The lowest BCUT2D eigenvalue weighted by molar-refractivity contribution is 1.21. The number of nitriles is 1. The van der Waals surface area contributed by atoms with Gasteiger partial charge in [0, 0.05) is 85.3 Å². The van der Waals surface area contributed by atoms with E-state index in [9.17, 15) is 5.26 Å². The largest absolute Gasteiger partial charge is 0.262 e. The van der Waals surface area contributed by atoms with Crippen molar-refractivity contribution in [2.24, 2.45) is 0 Å². The Morgan fingerprint density at radius 3 is 1.00 bits per heavy atom. The van der Waals surface area contributed by atoms with Crippen molar-refractivity contribution in [2.45, 2.75) is 6.92 Å². The Balaban J connectivity index is 0.0000000950. The molecule has 0 atom stereocenters. The van der Waals surface area contributed by atoms with Crippen molar-refractivity contribution in [2.75, 3.05) is 0 Å². The summed E-state index contributed by atoms with van der Waals surface area (Å²) < 4.78 is 0. The Morgan fingerprint density at radius 2 is 0.524 bits per heavy atom. The zero-order valence-electron chi connectivity index (χ0n) is 77.7. The standard InChI is InChI=1S/C30H21N.C29H11N5.2C25H15N.C24H10N4/c1-20-24(15-8-18-31-20)30-28-14-7-5-12-26(28)25-11-4-6-13-27(25)29(30)23-17-16-21-9-2-3-10-22(21)19-23;1-31-27-24-14-21-19-11-16-7-4-5-8-17(16)12-23(19)26-18(9-6-10-34-26)20(21)13-22(24)25(15-30)28(32-2)29(27)33-3;1-2-8-18-15-23-22(14-17(18)7-1)20-12-11-16-6-3-4-9-19(16)24(20)21-10-5-13-26-25(21)23;1-2-8-18-15-23-22(14-17(18)7-1)24-19-9-4-3-6-16(19)11-12-20(24)21-10-5-13-26-25(21)23;1-25-20-13-18-16-9-6-10-28-22(16)19-12-15-8-5-4-7-14(15)11-17(19)21(18)24(27-3)23(20)26-2/h2-19H,1H3;4-14H;2*1-15H;4-13H. The number of rotatable bonds is 2. The molecule has 12 heteroatoms. The van der Waals surface area contributed by atoms with Crippen molar-refractivity contribution in [3.05, 3.63) is 499 Å². The molecule has 0 bridgehead atoms. The number of hydrogen-bond donors (Lipinski definition) is 0. The summed E-state index contributed by atoms with van der Waals surface area (Å²) in [5, 5.41) is 54.6. The number of hydrogen-bond acceptors (Lipinski definition) is 6. The fourth-order valence-corrected chi connectivity index (χ4v) is 22.1. The van der Waals surface area contributed by atoms with Gasteiger partial charge in [-0.15, -0.1) is 0 Å². The number of fused-ring (bicyclic) bond motifs is 37. The van der Waals surface area contributed by atoms with Crippen LogP contribution in [0.1, 0.15) is 11.3 Å². The summed E-state index contributed by atoms with van der Waals surface area (Å²) in [6, 6.07) is 138. The Hall–Kier alpha value is -20.8. The molecule has 0 aliphatic carbocycles. The third-order valence-corrected chi connectivity index (χ3v) is 28.6. The minimum atomic E-state index is -0.0652. The minimum Gasteiger partial charge on any atom is -0.262 e. The molecule has 5 heterocycles. The van der Waals surface area contributed by atoms with Crippen LogP contribution in [0.25, 0.3) is 289 Å². The summed E-state index contributed by atoms with van der Waals surface area (Å²) in [5.74, 6) is 0. The molecule has 0 spiro atoms. The Kier molecular flexibility index (Phi) is 20.9. The van der Waals surface area contributed by atoms with E-state index in [0.717, 1.165) is 103 Å². The van der Waals surface area contributed by atoms with E-state index in [0.29, 0.717) is 10.8 Å². The van der Waals surface area contributed by atoms with Gasteiger partial charge in [-0.2, -0.15) is 5.26 Å². The molecule has 145 heavy (non-hydrogen) atoms. The Labute approximate surface area is 830 Å². The molecule has 0 amide bonds. The summed E-state index contributed by atoms with van der Waals surface area (Å²) in [6.45, 7) is 47.8. The lowest BCUT2D eigenvalue weighted by Gasteiger charge is -2.19. The van der Waals surface area contributed by atoms with Crippen LogP contribution in [0, 0.1) is 57.7 Å². The summed E-state index contributed by atoms with van der Waals surface area (Å²) in [5.41, 5.74) is 10.5. The van der Waals surface area contributed by atoms with Crippen molar-refractivity contribution >= 4 is 272 Å². The predicted molar refractivity (Wildman–Crippen MR) is 604 cm³/mol. The highest BCUT2D eigenvalue weighted by atomic mass is 14.8. The van der Waals surface area contributed by atoms with Crippen LogP contribution >= 0.6 is 0 Å². The lowest BCUT2D eigenvalue weighted by atomic mass is 9.84. The maximum atomic E-state index is 9.92. The van der Waals surface area contributed by atoms with Gasteiger partial charge in [0.15, 0.2) is 17.1 Å². The van der Waals surface area contributed by atoms with Crippen LogP contribution in [0.15, 0.2) is 419 Å². The molecule has 0 saturated heterocycles. The van der Waals surface area contributed by atoms with E-state index < -0.39 is 0 Å². The van der Waals surface area contributed by atoms with Gasteiger partial charge in [-0.05, 0) is 287 Å². The SMILES string of the molecule is Cc1ncccc1-c1c(-c2ccc3ccccc3c2)c2ccccc2c2ccccc12.[C-]#[N+]c1c([N+]#[C-])c([N+]#[C-])c2cc3c(cc2c1C#N)c1cccnc1c1cc2ccccc2cc31.[C-]#[N+]c1cc2c3cccnc3c3cc4ccccc4cc3c2c([N+]#[C-])c1[N+]#[C-].c1ccc2cc3c(cc2c1)c1ccc2ccccc2c1c1cccnc31.c1ccc2cc3c(cc2c1)c1ncccc1c1ccc2ccccc2c13. The molecule has 0 unspecified atom stereocenters. The number of aryl methyl sites for hydroxylation is 1. The molecule has 29 aromatic rings. The second kappa shape index (κ2) is 35.3. The maximum Gasteiger partial charge on any atom is 0.202 e. The molecule has 0 aliphatic rings. The second-order valence-electron chi connectivity index (χ2n) is 36.2. The van der Waals surface area contributed by atoms with Crippen LogP contribution in [-0.4, -0.2) is 24.9 Å². The summed E-state index contributed by atoms with van der Waals surface area (Å²) >= 11 is 0. The normalized spacial score (nSPS) is 11.3. The maximum absolute atomic E-state index is 9.92. The summed E-state index contributed by atoms with van der Waals surface area (Å²) in [6.07, 6.45) is 9.18. The van der Waals surface area contributed by atoms with E-state index in [1.165, 1.54) is 152 Å². The van der Waals surface area contributed by atoms with Crippen LogP contribution in [0.5, 0.6) is 0 Å². The smallest absolute Gasteiger partial charge is 0.202 e. The molecule has 29 rings (SSSR count). The van der Waals surface area contributed by atoms with E-state index in [4.69, 9.17) is 49.4 Å². The molecule has 0 aliphatic heterocycles. The van der Waals surface area contributed by atoms with Gasteiger partial charge in [-0.3, -0.25) is 54.0 Å². The van der Waals surface area contributed by atoms with Crippen LogP contribution in [-0.2, 0) is 0 Å². The molecule has 5 aromatic heterocycles. The quantitative estimate of drug-likeness (QED) is 0.0967. The number of pyridine rings is 5. The van der Waals surface area contributed by atoms with Crippen molar-refractivity contribution in [3.63, 3.8) is 0 Å². The van der Waals surface area contributed by atoms with Gasteiger partial charge in [-0.1, -0.05) is 297 Å². The van der Waals surface area contributed by atoms with Crippen LogP contribution in [0.4, 0.5) is 34.1 Å². The van der Waals surface area contributed by atoms with Crippen molar-refractivity contribution in [1.82, 2.24) is 24.9 Å². The van der Waals surface area contributed by atoms with Crippen molar-refractivity contribution < 1.29 is 0 Å². The monoisotopic (exact) mass is 1840 g/mol. The molecule has 12 nitrogen and oxygen atoms in total. The fraction of sp³-hybridized carbons (Fsp3) is 0.00752. The van der Waals surface area contributed by atoms with Gasteiger partial charge in [0.25, 0.3) is 0 Å². The zero-order chi connectivity index (χ0) is 97.6. The van der Waals surface area contributed by atoms with Gasteiger partial charge in [0.1, 0.15) is 0 Å². The third-order valence-electron chi connectivity index (χ3n) is 28.6. The molecule has 0 saturated carbocycles. The first-order chi connectivity index (χ1) is 71.6. The highest BCUT2D eigenvalue weighted by Gasteiger charge is 2.27. The highest BCUT2D eigenvalue weighted by molar-refractivity contribution is 6.37. The average molecular weight is 1840 g/mol. The first-order valence-electron chi connectivity index (χ1n) is 47.4. The fourth-order valence-electron chi connectivity index (χ4n) is 22.1. The summed E-state index contributed by atoms with van der Waals surface area (Å²) in [7, 11) is 0. The van der Waals surface area contributed by atoms with E-state index >= 15 is 0 Å². The molecule has 24 aromatic carbocycles. The van der Waals surface area contributed by atoms with E-state index in [1.807, 2.05) is 104 Å². The van der Waals surface area contributed by atoms with E-state index in [-0.39, 0.29) is 39.7 Å². The van der Waals surface area contributed by atoms with E-state index in [1.54, 1.807) is 18.5 Å². The van der Waals surface area contributed by atoms with Gasteiger partial charge >= 0.3 is 0 Å². The van der Waals surface area contributed by atoms with Crippen molar-refractivity contribution in [3.8, 4) is 28.3 Å². The van der Waals surface area contributed by atoms with Gasteiger partial charge < -0.3 is 0 Å². The number of benzene rings is 24. The summed E-state index contributed by atoms with van der Waals surface area (Å²) in [4.78, 5) is 44.7. The molecular weight excluding hydrogens is 1770 g/mol. The van der Waals surface area contributed by atoms with Crippen LogP contribution in [0.2, 0.25) is 0 Å². The van der Waals surface area contributed by atoms with Crippen molar-refractivity contribution in [1.29, 1.82) is 5.26 Å². The number of nitrogens with zero attached hydrogens (tertiary/aromatic N) is 12.